The minimum atomic E-state index is -0.289. The lowest BCUT2D eigenvalue weighted by Crippen LogP contribution is -2.32. The summed E-state index contributed by atoms with van der Waals surface area (Å²) in [7, 11) is 0. The first-order valence-corrected chi connectivity index (χ1v) is 9.14. The van der Waals surface area contributed by atoms with Crippen molar-refractivity contribution in [3.8, 4) is 5.75 Å². The number of anilines is 1. The minimum absolute atomic E-state index is 0.00464. The van der Waals surface area contributed by atoms with Crippen molar-refractivity contribution in [1.82, 2.24) is 4.90 Å². The molecule has 0 aliphatic carbocycles. The standard InChI is InChI=1S/C19H19BrN2O4/c20-17-8-6-15(26-17)7-9-18(23)21-14-4-3-5-16(12-14)25-13-19(24)22-10-1-2-11-22/h3-9,12H,1-2,10-11,13H2,(H,21,23)/b9-7+. The monoisotopic (exact) mass is 418 g/mol. The molecule has 1 aromatic carbocycles. The van der Waals surface area contributed by atoms with E-state index >= 15 is 0 Å². The Hall–Kier alpha value is -2.54. The molecule has 0 saturated carbocycles. The number of likely N-dealkylation sites (tertiary alicyclic amines) is 1. The zero-order chi connectivity index (χ0) is 18.4. The number of amides is 2. The maximum absolute atomic E-state index is 12.0. The van der Waals surface area contributed by atoms with E-state index in [4.69, 9.17) is 9.15 Å². The van der Waals surface area contributed by atoms with Crippen molar-refractivity contribution in [2.75, 3.05) is 25.0 Å². The van der Waals surface area contributed by atoms with Crippen LogP contribution in [0.25, 0.3) is 6.08 Å². The van der Waals surface area contributed by atoms with Gasteiger partial charge in [-0.1, -0.05) is 6.07 Å². The predicted octanol–water partition coefficient (Wildman–Crippen LogP) is 3.70. The van der Waals surface area contributed by atoms with Crippen molar-refractivity contribution < 1.29 is 18.7 Å². The van der Waals surface area contributed by atoms with Crippen LogP contribution in [0.3, 0.4) is 0 Å². The zero-order valence-corrected chi connectivity index (χ0v) is 15.7. The van der Waals surface area contributed by atoms with Gasteiger partial charge in [-0.15, -0.1) is 0 Å². The molecule has 1 N–H and O–H groups in total. The number of hydrogen-bond donors (Lipinski definition) is 1. The average Bonchev–Trinajstić information content (AvgIpc) is 3.30. The second-order valence-electron chi connectivity index (χ2n) is 5.87. The molecule has 1 aromatic heterocycles. The maximum Gasteiger partial charge on any atom is 0.260 e. The molecule has 0 bridgehead atoms. The number of nitrogens with zero attached hydrogens (tertiary/aromatic N) is 1. The summed E-state index contributed by atoms with van der Waals surface area (Å²) < 4.78 is 11.5. The quantitative estimate of drug-likeness (QED) is 0.725. The number of nitrogens with one attached hydrogen (secondary N) is 1. The second-order valence-corrected chi connectivity index (χ2v) is 6.65. The fraction of sp³-hybridized carbons (Fsp3) is 0.263. The van der Waals surface area contributed by atoms with E-state index in [-0.39, 0.29) is 18.4 Å². The van der Waals surface area contributed by atoms with Gasteiger partial charge in [0.25, 0.3) is 5.91 Å². The highest BCUT2D eigenvalue weighted by Gasteiger charge is 2.18. The molecule has 26 heavy (non-hydrogen) atoms. The van der Waals surface area contributed by atoms with E-state index in [9.17, 15) is 9.59 Å². The highest BCUT2D eigenvalue weighted by molar-refractivity contribution is 9.10. The molecule has 1 saturated heterocycles. The Morgan fingerprint density at radius 2 is 2.04 bits per heavy atom. The van der Waals surface area contributed by atoms with Crippen LogP contribution in [-0.4, -0.2) is 36.4 Å². The molecule has 2 aromatic rings. The van der Waals surface area contributed by atoms with Crippen molar-refractivity contribution >= 4 is 39.5 Å². The van der Waals surface area contributed by atoms with Gasteiger partial charge in [0.1, 0.15) is 11.5 Å². The lowest BCUT2D eigenvalue weighted by atomic mass is 10.3. The van der Waals surface area contributed by atoms with Gasteiger partial charge >= 0.3 is 0 Å². The van der Waals surface area contributed by atoms with Crippen LogP contribution < -0.4 is 10.1 Å². The third kappa shape index (κ3) is 5.23. The number of halogens is 1. The van der Waals surface area contributed by atoms with Gasteiger partial charge in [-0.25, -0.2) is 0 Å². The maximum atomic E-state index is 12.0. The van der Waals surface area contributed by atoms with Crippen LogP contribution in [0.4, 0.5) is 5.69 Å². The van der Waals surface area contributed by atoms with Gasteiger partial charge in [-0.2, -0.15) is 0 Å². The Balaban J connectivity index is 1.52. The van der Waals surface area contributed by atoms with Crippen LogP contribution in [0.2, 0.25) is 0 Å². The second kappa shape index (κ2) is 8.71. The van der Waals surface area contributed by atoms with E-state index in [1.165, 1.54) is 6.08 Å². The first-order valence-electron chi connectivity index (χ1n) is 8.35. The Labute approximate surface area is 159 Å². The number of benzene rings is 1. The molecule has 3 rings (SSSR count). The Morgan fingerprint density at radius 1 is 1.23 bits per heavy atom. The molecule has 6 nitrogen and oxygen atoms in total. The first kappa shape index (κ1) is 18.3. The van der Waals surface area contributed by atoms with Crippen molar-refractivity contribution in [2.45, 2.75) is 12.8 Å². The van der Waals surface area contributed by atoms with Gasteiger partial charge in [-0.05, 0) is 59.1 Å². The van der Waals surface area contributed by atoms with Crippen LogP contribution in [0.5, 0.6) is 5.75 Å². The molecular formula is C19H19BrN2O4. The summed E-state index contributed by atoms with van der Waals surface area (Å²) in [5.74, 6) is 0.811. The third-order valence-corrected chi connectivity index (χ3v) is 4.34. The fourth-order valence-corrected chi connectivity index (χ4v) is 2.95. The van der Waals surface area contributed by atoms with Crippen LogP contribution in [0.15, 0.2) is 51.6 Å². The molecule has 136 valence electrons. The molecule has 7 heteroatoms. The van der Waals surface area contributed by atoms with Crippen LogP contribution in [0.1, 0.15) is 18.6 Å². The number of carbonyl (C=O) groups is 2. The molecule has 0 spiro atoms. The van der Waals surface area contributed by atoms with Gasteiger partial charge in [0.05, 0.1) is 0 Å². The topological polar surface area (TPSA) is 71.8 Å². The summed E-state index contributed by atoms with van der Waals surface area (Å²) >= 11 is 3.21. The summed E-state index contributed by atoms with van der Waals surface area (Å²) in [6.07, 6.45) is 5.07. The highest BCUT2D eigenvalue weighted by atomic mass is 79.9. The van der Waals surface area contributed by atoms with Gasteiger partial charge in [0, 0.05) is 30.9 Å². The minimum Gasteiger partial charge on any atom is -0.484 e. The highest BCUT2D eigenvalue weighted by Crippen LogP contribution is 2.19. The normalized spacial score (nSPS) is 14.0. The smallest absolute Gasteiger partial charge is 0.260 e. The van der Waals surface area contributed by atoms with Crippen molar-refractivity contribution in [2.24, 2.45) is 0 Å². The summed E-state index contributed by atoms with van der Waals surface area (Å²) in [6.45, 7) is 1.61. The summed E-state index contributed by atoms with van der Waals surface area (Å²) in [5, 5.41) is 2.75. The fourth-order valence-electron chi connectivity index (χ4n) is 2.63. The van der Waals surface area contributed by atoms with Crippen molar-refractivity contribution in [3.05, 3.63) is 52.9 Å². The van der Waals surface area contributed by atoms with Crippen LogP contribution in [-0.2, 0) is 9.59 Å². The zero-order valence-electron chi connectivity index (χ0n) is 14.1. The number of carbonyl (C=O) groups excluding carboxylic acids is 2. The Kier molecular flexibility index (Phi) is 6.12. The van der Waals surface area contributed by atoms with Gasteiger partial charge in [0.15, 0.2) is 11.3 Å². The average molecular weight is 419 g/mol. The first-order chi connectivity index (χ1) is 12.6. The Morgan fingerprint density at radius 3 is 2.77 bits per heavy atom. The van der Waals surface area contributed by atoms with Gasteiger partial charge in [0.2, 0.25) is 5.91 Å². The number of hydrogen-bond acceptors (Lipinski definition) is 4. The van der Waals surface area contributed by atoms with Crippen LogP contribution in [0, 0.1) is 0 Å². The van der Waals surface area contributed by atoms with E-state index < -0.39 is 0 Å². The SMILES string of the molecule is O=C(/C=C/c1ccc(Br)o1)Nc1cccc(OCC(=O)N2CCCC2)c1. The lowest BCUT2D eigenvalue weighted by molar-refractivity contribution is -0.132. The largest absolute Gasteiger partial charge is 0.484 e. The van der Waals surface area contributed by atoms with E-state index in [1.807, 2.05) is 4.90 Å². The van der Waals surface area contributed by atoms with E-state index in [0.717, 1.165) is 25.9 Å². The summed E-state index contributed by atoms with van der Waals surface area (Å²) in [5.41, 5.74) is 0.589. The molecule has 0 atom stereocenters. The molecule has 2 heterocycles. The lowest BCUT2D eigenvalue weighted by Gasteiger charge is -2.15. The van der Waals surface area contributed by atoms with Gasteiger partial charge in [-0.3, -0.25) is 9.59 Å². The number of ether oxygens (including phenoxy) is 1. The molecule has 0 unspecified atom stereocenters. The summed E-state index contributed by atoms with van der Waals surface area (Å²) in [6, 6.07) is 10.5. The van der Waals surface area contributed by atoms with E-state index in [0.29, 0.717) is 21.9 Å². The van der Waals surface area contributed by atoms with Crippen molar-refractivity contribution in [1.29, 1.82) is 0 Å². The van der Waals surface area contributed by atoms with Crippen molar-refractivity contribution in [3.63, 3.8) is 0 Å². The molecular weight excluding hydrogens is 400 g/mol. The molecule has 1 fully saturated rings. The molecule has 0 radical (unpaired) electrons. The molecule has 2 amide bonds. The predicted molar refractivity (Wildman–Crippen MR) is 102 cm³/mol. The van der Waals surface area contributed by atoms with E-state index in [2.05, 4.69) is 21.2 Å². The molecule has 1 aliphatic rings. The van der Waals surface area contributed by atoms with E-state index in [1.54, 1.807) is 42.5 Å². The number of rotatable bonds is 6. The Bertz CT molecular complexity index is 809. The third-order valence-electron chi connectivity index (χ3n) is 3.92. The molecule has 1 aliphatic heterocycles. The summed E-state index contributed by atoms with van der Waals surface area (Å²) in [4.78, 5) is 25.8. The van der Waals surface area contributed by atoms with Crippen LogP contribution >= 0.6 is 15.9 Å². The van der Waals surface area contributed by atoms with Gasteiger partial charge < -0.3 is 19.4 Å². The number of furan rings is 1.